The normalized spacial score (nSPS) is 20.9. The molecule has 256 valence electrons. The highest BCUT2D eigenvalue weighted by atomic mass is 35.5. The lowest BCUT2D eigenvalue weighted by Crippen LogP contribution is -2.54. The number of hydrogen-bond donors (Lipinski definition) is 3. The van der Waals surface area contributed by atoms with E-state index < -0.39 is 35.5 Å². The van der Waals surface area contributed by atoms with Crippen LogP contribution in [-0.4, -0.2) is 108 Å². The number of benzene rings is 1. The zero-order valence-electron chi connectivity index (χ0n) is 25.9. The number of nitrogens with two attached hydrogens (primary N) is 1. The van der Waals surface area contributed by atoms with Gasteiger partial charge in [-0.2, -0.15) is 13.2 Å². The monoisotopic (exact) mass is 697 g/mol. The molecule has 0 unspecified atom stereocenters. The van der Waals surface area contributed by atoms with Crippen LogP contribution in [0, 0.1) is 0 Å². The third-order valence-corrected chi connectivity index (χ3v) is 10.8. The topological polar surface area (TPSA) is 123 Å². The van der Waals surface area contributed by atoms with Crippen LogP contribution in [0.4, 0.5) is 34.1 Å². The Morgan fingerprint density at radius 3 is 2.36 bits per heavy atom. The fourth-order valence-electron chi connectivity index (χ4n) is 6.96. The van der Waals surface area contributed by atoms with Crippen molar-refractivity contribution in [2.45, 2.75) is 63.0 Å². The molecular formula is C31H39ClF3N7O4S. The molecule has 4 aliphatic rings. The number of carbonyl (C=O) groups excluding carboxylic acids is 3. The predicted molar refractivity (Wildman–Crippen MR) is 172 cm³/mol. The summed E-state index contributed by atoms with van der Waals surface area (Å²) in [6, 6.07) is 4.10. The number of nitrogen functional groups attached to an aromatic ring is 1. The van der Waals surface area contributed by atoms with E-state index in [-0.39, 0.29) is 29.1 Å². The van der Waals surface area contributed by atoms with Crippen molar-refractivity contribution in [1.82, 2.24) is 24.9 Å². The maximum Gasteiger partial charge on any atom is 0.418 e. The fourth-order valence-corrected chi connectivity index (χ4v) is 8.03. The van der Waals surface area contributed by atoms with E-state index in [0.29, 0.717) is 51.6 Å². The van der Waals surface area contributed by atoms with Gasteiger partial charge in [-0.05, 0) is 54.8 Å². The molecule has 6 rings (SSSR count). The first-order valence-corrected chi connectivity index (χ1v) is 17.2. The molecule has 0 spiro atoms. The summed E-state index contributed by atoms with van der Waals surface area (Å²) in [6.45, 7) is 5.71. The van der Waals surface area contributed by atoms with Crippen molar-refractivity contribution < 1.29 is 32.3 Å². The number of anilines is 2. The number of nitrogens with one attached hydrogen (secondary N) is 2. The van der Waals surface area contributed by atoms with Crippen LogP contribution in [0.15, 0.2) is 23.6 Å². The number of fused-ring (bicyclic) bond motifs is 1. The number of rotatable bonds is 6. The van der Waals surface area contributed by atoms with E-state index in [1.165, 1.54) is 11.0 Å². The molecule has 4 aliphatic heterocycles. The number of amides is 4. The van der Waals surface area contributed by atoms with Crippen LogP contribution in [0.5, 0.6) is 0 Å². The molecule has 3 saturated heterocycles. The lowest BCUT2D eigenvalue weighted by atomic mass is 9.99. The Kier molecular flexibility index (Phi) is 10.1. The van der Waals surface area contributed by atoms with Crippen molar-refractivity contribution in [2.24, 2.45) is 0 Å². The van der Waals surface area contributed by atoms with Crippen molar-refractivity contribution >= 4 is 52.3 Å². The summed E-state index contributed by atoms with van der Waals surface area (Å²) < 4.78 is 47.0. The Bertz CT molecular complexity index is 1470. The van der Waals surface area contributed by atoms with Crippen LogP contribution in [0.3, 0.4) is 0 Å². The van der Waals surface area contributed by atoms with Gasteiger partial charge in [-0.3, -0.25) is 9.69 Å². The summed E-state index contributed by atoms with van der Waals surface area (Å²) in [5, 5.41) is 7.90. The number of piperazine rings is 1. The minimum atomic E-state index is -4.76. The second-order valence-corrected chi connectivity index (χ2v) is 13.9. The van der Waals surface area contributed by atoms with Crippen LogP contribution in [-0.2, 0) is 28.7 Å². The first-order valence-electron chi connectivity index (χ1n) is 16.0. The number of thiophene rings is 1. The molecule has 0 aliphatic carbocycles. The van der Waals surface area contributed by atoms with Crippen molar-refractivity contribution in [3.05, 3.63) is 44.6 Å². The van der Waals surface area contributed by atoms with Gasteiger partial charge in [0.2, 0.25) is 0 Å². The van der Waals surface area contributed by atoms with Gasteiger partial charge >= 0.3 is 18.3 Å². The van der Waals surface area contributed by atoms with Gasteiger partial charge in [-0.1, -0.05) is 11.6 Å². The first-order chi connectivity index (χ1) is 22.5. The third-order valence-electron chi connectivity index (χ3n) is 9.60. The molecule has 0 radical (unpaired) electrons. The van der Waals surface area contributed by atoms with Gasteiger partial charge in [-0.15, -0.1) is 11.3 Å². The zero-order valence-corrected chi connectivity index (χ0v) is 27.4. The molecular weight excluding hydrogens is 659 g/mol. The molecule has 4 amide bonds. The first kappa shape index (κ1) is 33.6. The number of hydrogen-bond acceptors (Lipinski definition) is 8. The van der Waals surface area contributed by atoms with E-state index in [2.05, 4.69) is 15.5 Å². The van der Waals surface area contributed by atoms with E-state index in [1.807, 2.05) is 11.4 Å². The summed E-state index contributed by atoms with van der Waals surface area (Å²) in [6.07, 6.45) is -4.59. The van der Waals surface area contributed by atoms with Crippen molar-refractivity contribution in [2.75, 3.05) is 63.4 Å². The number of likely N-dealkylation sites (tertiary alicyclic amines) is 2. The average Bonchev–Trinajstić information content (AvgIpc) is 3.52. The number of urea groups is 1. The minimum absolute atomic E-state index is 0.0820. The number of alkyl halides is 3. The number of ether oxygens (including phenoxy) is 1. The van der Waals surface area contributed by atoms with Crippen LogP contribution in [0.1, 0.15) is 41.7 Å². The van der Waals surface area contributed by atoms with E-state index in [0.717, 1.165) is 55.7 Å². The van der Waals surface area contributed by atoms with Gasteiger partial charge in [0.15, 0.2) is 6.10 Å². The number of piperidine rings is 2. The highest BCUT2D eigenvalue weighted by Crippen LogP contribution is 2.38. The Labute approximate surface area is 280 Å². The smallest absolute Gasteiger partial charge is 0.418 e. The number of nitrogens with zero attached hydrogens (tertiary/aromatic N) is 4. The van der Waals surface area contributed by atoms with Gasteiger partial charge in [0.25, 0.3) is 5.91 Å². The van der Waals surface area contributed by atoms with Gasteiger partial charge in [0.1, 0.15) is 0 Å². The van der Waals surface area contributed by atoms with Crippen molar-refractivity contribution in [3.63, 3.8) is 0 Å². The standard InChI is InChI=1S/C31H39ClF3N7O4S/c32-23-16-19(15-22(27(23)36)31(33,34)35)17-25(28(43)40-8-1-20(2-9-40)39-12-6-37-7-13-39)46-30(45)41-10-3-21(4-11-41)42-18-26-24(5-14-47-26)38-29(42)44/h5,14-16,20-21,25,37H,1-4,6-13,17-18,36H2,(H,38,44)/t25-/m1/s1. The quantitative estimate of drug-likeness (QED) is 0.381. The molecule has 1 aromatic heterocycles. The lowest BCUT2D eigenvalue weighted by Gasteiger charge is -2.41. The van der Waals surface area contributed by atoms with E-state index in [4.69, 9.17) is 22.1 Å². The SMILES string of the molecule is Nc1c(Cl)cc(C[C@@H](OC(=O)N2CCC(N3Cc4sccc4NC3=O)CC2)C(=O)N2CCC(N3CCNCC3)CC2)cc1C(F)(F)F. The van der Waals surface area contributed by atoms with Gasteiger partial charge in [0, 0.05) is 75.7 Å². The summed E-state index contributed by atoms with van der Waals surface area (Å²) in [7, 11) is 0. The molecule has 16 heteroatoms. The molecule has 4 N–H and O–H groups in total. The Hall–Kier alpha value is -3.27. The van der Waals surface area contributed by atoms with Crippen LogP contribution >= 0.6 is 22.9 Å². The Balaban J connectivity index is 1.13. The second-order valence-electron chi connectivity index (χ2n) is 12.5. The maximum atomic E-state index is 13.9. The molecule has 1 aromatic carbocycles. The van der Waals surface area contributed by atoms with Crippen LogP contribution in [0.25, 0.3) is 0 Å². The van der Waals surface area contributed by atoms with E-state index >= 15 is 0 Å². The number of halogens is 4. The van der Waals surface area contributed by atoms with Crippen LogP contribution in [0.2, 0.25) is 5.02 Å². The molecule has 1 atom stereocenters. The summed E-state index contributed by atoms with van der Waals surface area (Å²) in [5.41, 5.74) is 4.84. The van der Waals surface area contributed by atoms with Crippen molar-refractivity contribution in [3.8, 4) is 0 Å². The molecule has 0 bridgehead atoms. The largest absolute Gasteiger partial charge is 0.436 e. The Morgan fingerprint density at radius 1 is 1.02 bits per heavy atom. The van der Waals surface area contributed by atoms with Gasteiger partial charge < -0.3 is 35.8 Å². The van der Waals surface area contributed by atoms with Gasteiger partial charge in [0.05, 0.1) is 28.5 Å². The van der Waals surface area contributed by atoms with E-state index in [9.17, 15) is 27.6 Å². The molecule has 2 aromatic rings. The summed E-state index contributed by atoms with van der Waals surface area (Å²) in [5.74, 6) is -0.453. The fraction of sp³-hybridized carbons (Fsp3) is 0.581. The Morgan fingerprint density at radius 2 is 1.68 bits per heavy atom. The molecule has 0 saturated carbocycles. The minimum Gasteiger partial charge on any atom is -0.436 e. The average molecular weight is 698 g/mol. The third kappa shape index (κ3) is 7.58. The highest BCUT2D eigenvalue weighted by molar-refractivity contribution is 7.10. The van der Waals surface area contributed by atoms with Crippen LogP contribution < -0.4 is 16.4 Å². The highest BCUT2D eigenvalue weighted by Gasteiger charge is 2.38. The van der Waals surface area contributed by atoms with Gasteiger partial charge in [-0.25, -0.2) is 9.59 Å². The number of carbonyl (C=O) groups is 3. The summed E-state index contributed by atoms with van der Waals surface area (Å²) in [4.78, 5) is 48.5. The molecule has 11 nitrogen and oxygen atoms in total. The molecule has 5 heterocycles. The second kappa shape index (κ2) is 14.1. The predicted octanol–water partition coefficient (Wildman–Crippen LogP) is 4.46. The van der Waals surface area contributed by atoms with Crippen molar-refractivity contribution in [1.29, 1.82) is 0 Å². The molecule has 3 fully saturated rings. The summed E-state index contributed by atoms with van der Waals surface area (Å²) >= 11 is 7.66. The lowest BCUT2D eigenvalue weighted by molar-refractivity contribution is -0.142. The zero-order chi connectivity index (χ0) is 33.3. The molecule has 47 heavy (non-hydrogen) atoms. The maximum absolute atomic E-state index is 13.9. The van der Waals surface area contributed by atoms with E-state index in [1.54, 1.807) is 21.1 Å².